The number of carbonyl (C=O) groups is 3. The molecule has 0 bridgehead atoms. The highest BCUT2D eigenvalue weighted by Gasteiger charge is 2.33. The molecule has 0 aromatic heterocycles. The Balaban J connectivity index is 1.80. The van der Waals surface area contributed by atoms with Crippen molar-refractivity contribution in [2.45, 2.75) is 91.0 Å². The molecule has 1 aliphatic heterocycles. The Labute approximate surface area is 197 Å². The number of nitrogens with one attached hydrogen (secondary N) is 1. The van der Waals surface area contributed by atoms with Crippen LogP contribution in [0.2, 0.25) is 0 Å². The molecule has 0 radical (unpaired) electrons. The molecule has 1 aromatic carbocycles. The molecule has 0 unspecified atom stereocenters. The highest BCUT2D eigenvalue weighted by atomic mass is 19.1. The molecule has 1 heterocycles. The molecule has 0 spiro atoms. The lowest BCUT2D eigenvalue weighted by atomic mass is 9.82. The van der Waals surface area contributed by atoms with E-state index in [1.54, 1.807) is 12.1 Å². The van der Waals surface area contributed by atoms with Gasteiger partial charge in [-0.2, -0.15) is 0 Å². The van der Waals surface area contributed by atoms with E-state index in [0.29, 0.717) is 18.7 Å². The quantitative estimate of drug-likeness (QED) is 0.657. The Morgan fingerprint density at radius 2 is 1.70 bits per heavy atom. The number of benzene rings is 1. The summed E-state index contributed by atoms with van der Waals surface area (Å²) in [7, 11) is 0. The third-order valence-electron chi connectivity index (χ3n) is 7.16. The molecule has 2 aliphatic rings. The average Bonchev–Trinajstić information content (AvgIpc) is 3.03. The van der Waals surface area contributed by atoms with Crippen LogP contribution >= 0.6 is 0 Å². The maximum atomic E-state index is 15.6. The van der Waals surface area contributed by atoms with Gasteiger partial charge >= 0.3 is 0 Å². The Kier molecular flexibility index (Phi) is 8.30. The van der Waals surface area contributed by atoms with Gasteiger partial charge in [0.15, 0.2) is 5.78 Å². The van der Waals surface area contributed by atoms with E-state index in [9.17, 15) is 14.4 Å². The third kappa shape index (κ3) is 6.21. The third-order valence-corrected chi connectivity index (χ3v) is 7.16. The van der Waals surface area contributed by atoms with E-state index in [2.05, 4.69) is 5.32 Å². The molecule has 1 saturated heterocycles. The molecule has 3 rings (SSSR count). The van der Waals surface area contributed by atoms with Crippen molar-refractivity contribution in [2.75, 3.05) is 13.1 Å². The highest BCUT2D eigenvalue weighted by molar-refractivity contribution is 5.98. The second kappa shape index (κ2) is 10.8. The lowest BCUT2D eigenvalue weighted by Gasteiger charge is -2.31. The summed E-state index contributed by atoms with van der Waals surface area (Å²) in [6.45, 7) is 8.33. The van der Waals surface area contributed by atoms with Gasteiger partial charge in [0, 0.05) is 24.4 Å². The first-order valence-corrected chi connectivity index (χ1v) is 12.5. The minimum atomic E-state index is -0.571. The molecule has 2 atom stereocenters. The predicted molar refractivity (Wildman–Crippen MR) is 128 cm³/mol. The summed E-state index contributed by atoms with van der Waals surface area (Å²) < 4.78 is 15.6. The maximum absolute atomic E-state index is 15.6. The van der Waals surface area contributed by atoms with Crippen LogP contribution in [0.4, 0.5) is 4.39 Å². The SMILES string of the molecule is CC(=O)[C@H](NC(=O)c1cccc([C@H]2CCCCN(C(=O)C(C)(C)C)C2)c1F)C1CCCCC1. The summed E-state index contributed by atoms with van der Waals surface area (Å²) in [6, 6.07) is 4.35. The van der Waals surface area contributed by atoms with Crippen molar-refractivity contribution in [2.24, 2.45) is 11.3 Å². The van der Waals surface area contributed by atoms with Gasteiger partial charge in [-0.3, -0.25) is 14.4 Å². The van der Waals surface area contributed by atoms with Crippen LogP contribution in [0.1, 0.15) is 101 Å². The second-order valence-electron chi connectivity index (χ2n) is 10.9. The van der Waals surface area contributed by atoms with E-state index in [0.717, 1.165) is 51.4 Å². The molecular formula is C27H39FN2O3. The zero-order valence-corrected chi connectivity index (χ0v) is 20.6. The van der Waals surface area contributed by atoms with Crippen LogP contribution in [0.3, 0.4) is 0 Å². The lowest BCUT2D eigenvalue weighted by Crippen LogP contribution is -2.46. The fourth-order valence-electron chi connectivity index (χ4n) is 5.33. The fraction of sp³-hybridized carbons (Fsp3) is 0.667. The highest BCUT2D eigenvalue weighted by Crippen LogP contribution is 2.32. The van der Waals surface area contributed by atoms with Gasteiger partial charge in [0.05, 0.1) is 11.6 Å². The second-order valence-corrected chi connectivity index (χ2v) is 10.9. The number of nitrogens with zero attached hydrogens (tertiary/aromatic N) is 1. The summed E-state index contributed by atoms with van der Waals surface area (Å²) in [6.07, 6.45) is 7.65. The Bertz CT molecular complexity index is 871. The van der Waals surface area contributed by atoms with Gasteiger partial charge in [-0.1, -0.05) is 58.6 Å². The van der Waals surface area contributed by atoms with Gasteiger partial charge in [-0.15, -0.1) is 0 Å². The first kappa shape index (κ1) is 25.4. The molecule has 2 amide bonds. The molecule has 1 aromatic rings. The van der Waals surface area contributed by atoms with E-state index in [-0.39, 0.29) is 29.1 Å². The molecular weight excluding hydrogens is 419 g/mol. The van der Waals surface area contributed by atoms with Crippen LogP contribution in [0.25, 0.3) is 0 Å². The molecule has 2 fully saturated rings. The molecule has 1 N–H and O–H groups in total. The summed E-state index contributed by atoms with van der Waals surface area (Å²) in [5.74, 6) is -1.11. The van der Waals surface area contributed by atoms with E-state index in [1.807, 2.05) is 25.7 Å². The number of rotatable bonds is 5. The van der Waals surface area contributed by atoms with Crippen LogP contribution in [0.5, 0.6) is 0 Å². The topological polar surface area (TPSA) is 66.5 Å². The summed E-state index contributed by atoms with van der Waals surface area (Å²) in [5, 5.41) is 2.84. The lowest BCUT2D eigenvalue weighted by molar-refractivity contribution is -0.139. The minimum absolute atomic E-state index is 0.0208. The average molecular weight is 459 g/mol. The van der Waals surface area contributed by atoms with Crippen molar-refractivity contribution in [1.29, 1.82) is 0 Å². The number of likely N-dealkylation sites (tertiary alicyclic amines) is 1. The van der Waals surface area contributed by atoms with E-state index >= 15 is 4.39 Å². The first-order valence-electron chi connectivity index (χ1n) is 12.5. The van der Waals surface area contributed by atoms with E-state index in [1.165, 1.54) is 13.0 Å². The van der Waals surface area contributed by atoms with Crippen LogP contribution < -0.4 is 5.32 Å². The summed E-state index contributed by atoms with van der Waals surface area (Å²) >= 11 is 0. The fourth-order valence-corrected chi connectivity index (χ4v) is 5.33. The molecule has 5 nitrogen and oxygen atoms in total. The van der Waals surface area contributed by atoms with Crippen molar-refractivity contribution in [3.8, 4) is 0 Å². The number of ketones is 1. The zero-order valence-electron chi connectivity index (χ0n) is 20.6. The van der Waals surface area contributed by atoms with Crippen LogP contribution in [-0.4, -0.2) is 41.6 Å². The number of hydrogen-bond acceptors (Lipinski definition) is 3. The molecule has 1 aliphatic carbocycles. The Hall–Kier alpha value is -2.24. The number of carbonyl (C=O) groups excluding carboxylic acids is 3. The van der Waals surface area contributed by atoms with Gasteiger partial charge in [0.1, 0.15) is 5.82 Å². The van der Waals surface area contributed by atoms with Gasteiger partial charge in [-0.05, 0) is 50.2 Å². The Morgan fingerprint density at radius 3 is 2.33 bits per heavy atom. The number of amides is 2. The molecule has 182 valence electrons. The largest absolute Gasteiger partial charge is 0.342 e. The van der Waals surface area contributed by atoms with Crippen LogP contribution in [-0.2, 0) is 9.59 Å². The first-order chi connectivity index (χ1) is 15.6. The normalized spacial score (nSPS) is 21.2. The van der Waals surface area contributed by atoms with Crippen LogP contribution in [0.15, 0.2) is 18.2 Å². The van der Waals surface area contributed by atoms with Crippen molar-refractivity contribution in [3.63, 3.8) is 0 Å². The smallest absolute Gasteiger partial charge is 0.254 e. The molecule has 1 saturated carbocycles. The van der Waals surface area contributed by atoms with E-state index in [4.69, 9.17) is 0 Å². The van der Waals surface area contributed by atoms with E-state index < -0.39 is 23.2 Å². The standard InChI is InChI=1S/C27H39FN2O3/c1-18(31)24(19-11-6-5-7-12-19)29-25(32)22-15-10-14-21(23(22)28)20-13-8-9-16-30(17-20)26(33)27(2,3)4/h10,14-15,19-20,24H,5-9,11-13,16-17H2,1-4H3,(H,29,32)/t20-,24-/m0/s1. The minimum Gasteiger partial charge on any atom is -0.342 e. The van der Waals surface area contributed by atoms with Crippen molar-refractivity contribution in [3.05, 3.63) is 35.1 Å². The number of hydrogen-bond donors (Lipinski definition) is 1. The van der Waals surface area contributed by atoms with Crippen molar-refractivity contribution < 1.29 is 18.8 Å². The van der Waals surface area contributed by atoms with Gasteiger partial charge in [-0.25, -0.2) is 4.39 Å². The van der Waals surface area contributed by atoms with Crippen LogP contribution in [0, 0.1) is 17.2 Å². The van der Waals surface area contributed by atoms with Gasteiger partial charge < -0.3 is 10.2 Å². The van der Waals surface area contributed by atoms with Gasteiger partial charge in [0.2, 0.25) is 5.91 Å². The predicted octanol–water partition coefficient (Wildman–Crippen LogP) is 5.24. The molecule has 6 heteroatoms. The van der Waals surface area contributed by atoms with Crippen molar-refractivity contribution >= 4 is 17.6 Å². The van der Waals surface area contributed by atoms with Gasteiger partial charge in [0.25, 0.3) is 5.91 Å². The number of Topliss-reactive ketones (excluding diaryl/α,β-unsaturated/α-hetero) is 1. The summed E-state index contributed by atoms with van der Waals surface area (Å²) in [5.41, 5.74) is -0.0310. The molecule has 33 heavy (non-hydrogen) atoms. The maximum Gasteiger partial charge on any atom is 0.254 e. The Morgan fingerprint density at radius 1 is 1.03 bits per heavy atom. The monoisotopic (exact) mass is 458 g/mol. The van der Waals surface area contributed by atoms with Crippen molar-refractivity contribution in [1.82, 2.24) is 10.2 Å². The zero-order chi connectivity index (χ0) is 24.2. The number of halogens is 1. The summed E-state index contributed by atoms with van der Waals surface area (Å²) in [4.78, 5) is 40.1.